The first-order valence-corrected chi connectivity index (χ1v) is 8.89. The number of rotatable bonds is 5. The molecule has 8 heteroatoms. The maximum Gasteiger partial charge on any atom is 0.305 e. The van der Waals surface area contributed by atoms with E-state index in [1.54, 1.807) is 12.3 Å². The molecule has 1 aromatic carbocycles. The van der Waals surface area contributed by atoms with Crippen LogP contribution in [0.3, 0.4) is 0 Å². The minimum atomic E-state index is -0.509. The van der Waals surface area contributed by atoms with Crippen molar-refractivity contribution in [2.75, 3.05) is 5.75 Å². The molecular formula is C18H18N4O3S. The quantitative estimate of drug-likeness (QED) is 0.532. The second kappa shape index (κ2) is 7.92. The van der Waals surface area contributed by atoms with Gasteiger partial charge in [0, 0.05) is 12.4 Å². The molecule has 0 radical (unpaired) electrons. The standard InChI is InChI=1S/C18H18N4O3S/c1-12-5-6-14(13(2)10-12)22-8-7-19-18(22)26-11-16(23)20-21-17(24)15-4-3-9-25-15/h3-10H,11H2,1-2H3,(H,20,23)(H,21,24). The average Bonchev–Trinajstić information content (AvgIpc) is 3.29. The van der Waals surface area contributed by atoms with Crippen LogP contribution in [0.4, 0.5) is 0 Å². The Kier molecular flexibility index (Phi) is 5.43. The summed E-state index contributed by atoms with van der Waals surface area (Å²) in [7, 11) is 0. The number of carbonyl (C=O) groups is 2. The van der Waals surface area contributed by atoms with Crippen LogP contribution in [0.2, 0.25) is 0 Å². The highest BCUT2D eigenvalue weighted by Gasteiger charge is 2.12. The summed E-state index contributed by atoms with van der Waals surface area (Å²) in [6.45, 7) is 4.08. The van der Waals surface area contributed by atoms with Crippen molar-refractivity contribution in [3.8, 4) is 5.69 Å². The third kappa shape index (κ3) is 4.15. The lowest BCUT2D eigenvalue weighted by Gasteiger charge is -2.11. The summed E-state index contributed by atoms with van der Waals surface area (Å²) in [6.07, 6.45) is 4.94. The Bertz CT molecular complexity index is 918. The van der Waals surface area contributed by atoms with E-state index >= 15 is 0 Å². The van der Waals surface area contributed by atoms with Gasteiger partial charge in [0.05, 0.1) is 17.7 Å². The largest absolute Gasteiger partial charge is 0.459 e. The maximum atomic E-state index is 12.0. The van der Waals surface area contributed by atoms with Crippen LogP contribution in [0.15, 0.2) is 58.6 Å². The van der Waals surface area contributed by atoms with E-state index in [1.165, 1.54) is 29.7 Å². The van der Waals surface area contributed by atoms with Gasteiger partial charge < -0.3 is 4.42 Å². The number of furan rings is 1. The maximum absolute atomic E-state index is 12.0. The predicted octanol–water partition coefficient (Wildman–Crippen LogP) is 2.64. The lowest BCUT2D eigenvalue weighted by atomic mass is 10.1. The zero-order valence-electron chi connectivity index (χ0n) is 14.4. The van der Waals surface area contributed by atoms with Crippen molar-refractivity contribution in [2.45, 2.75) is 19.0 Å². The Labute approximate surface area is 154 Å². The summed E-state index contributed by atoms with van der Waals surface area (Å²) in [4.78, 5) is 28.0. The van der Waals surface area contributed by atoms with Gasteiger partial charge in [0.1, 0.15) is 0 Å². The van der Waals surface area contributed by atoms with Crippen molar-refractivity contribution in [3.05, 3.63) is 65.9 Å². The molecule has 0 fully saturated rings. The normalized spacial score (nSPS) is 10.5. The van der Waals surface area contributed by atoms with Crippen molar-refractivity contribution >= 4 is 23.6 Å². The fourth-order valence-electron chi connectivity index (χ4n) is 2.42. The van der Waals surface area contributed by atoms with Crippen molar-refractivity contribution in [2.24, 2.45) is 0 Å². The third-order valence-electron chi connectivity index (χ3n) is 3.61. The SMILES string of the molecule is Cc1ccc(-n2ccnc2SCC(=O)NNC(=O)c2ccco2)c(C)c1. The van der Waals surface area contributed by atoms with Gasteiger partial charge in [-0.25, -0.2) is 4.98 Å². The summed E-state index contributed by atoms with van der Waals surface area (Å²) in [5.74, 6) is -0.612. The third-order valence-corrected chi connectivity index (χ3v) is 4.58. The Balaban J connectivity index is 1.58. The van der Waals surface area contributed by atoms with Crippen LogP contribution in [-0.2, 0) is 4.79 Å². The lowest BCUT2D eigenvalue weighted by molar-refractivity contribution is -0.119. The smallest absolute Gasteiger partial charge is 0.305 e. The molecule has 26 heavy (non-hydrogen) atoms. The number of amides is 2. The average molecular weight is 370 g/mol. The molecule has 7 nitrogen and oxygen atoms in total. The zero-order chi connectivity index (χ0) is 18.5. The van der Waals surface area contributed by atoms with Gasteiger partial charge in [-0.2, -0.15) is 0 Å². The van der Waals surface area contributed by atoms with Gasteiger partial charge in [0.2, 0.25) is 5.91 Å². The molecule has 0 aliphatic heterocycles. The van der Waals surface area contributed by atoms with Gasteiger partial charge in [-0.05, 0) is 37.6 Å². The molecular weight excluding hydrogens is 352 g/mol. The number of imidazole rings is 1. The molecule has 0 saturated carbocycles. The van der Waals surface area contributed by atoms with E-state index in [2.05, 4.69) is 21.9 Å². The van der Waals surface area contributed by atoms with Crippen LogP contribution in [0.25, 0.3) is 5.69 Å². The molecule has 2 heterocycles. The molecule has 0 aliphatic rings. The van der Waals surface area contributed by atoms with Crippen molar-refractivity contribution in [1.82, 2.24) is 20.4 Å². The first kappa shape index (κ1) is 17.8. The number of carbonyl (C=O) groups excluding carboxylic acids is 2. The molecule has 2 N–H and O–H groups in total. The summed E-state index contributed by atoms with van der Waals surface area (Å²) in [6, 6.07) is 9.27. The highest BCUT2D eigenvalue weighted by atomic mass is 32.2. The second-order valence-corrected chi connectivity index (χ2v) is 6.58. The first-order valence-electron chi connectivity index (χ1n) is 7.91. The second-order valence-electron chi connectivity index (χ2n) is 5.64. The van der Waals surface area contributed by atoms with Crippen molar-refractivity contribution in [1.29, 1.82) is 0 Å². The van der Waals surface area contributed by atoms with Crippen LogP contribution in [0, 0.1) is 13.8 Å². The van der Waals surface area contributed by atoms with Crippen LogP contribution in [-0.4, -0.2) is 27.1 Å². The minimum Gasteiger partial charge on any atom is -0.459 e. The van der Waals surface area contributed by atoms with E-state index in [0.29, 0.717) is 5.16 Å². The number of hydrazine groups is 1. The Hall–Kier alpha value is -3.00. The molecule has 0 bridgehead atoms. The van der Waals surface area contributed by atoms with Gasteiger partial charge in [0.15, 0.2) is 10.9 Å². The molecule has 0 spiro atoms. The van der Waals surface area contributed by atoms with Gasteiger partial charge in [-0.3, -0.25) is 25.0 Å². The highest BCUT2D eigenvalue weighted by Crippen LogP contribution is 2.23. The first-order chi connectivity index (χ1) is 12.5. The number of nitrogens with one attached hydrogen (secondary N) is 2. The number of aromatic nitrogens is 2. The number of hydrogen-bond acceptors (Lipinski definition) is 5. The highest BCUT2D eigenvalue weighted by molar-refractivity contribution is 7.99. The van der Waals surface area contributed by atoms with E-state index in [0.717, 1.165) is 11.3 Å². The minimum absolute atomic E-state index is 0.111. The number of aryl methyl sites for hydroxylation is 2. The number of benzene rings is 1. The zero-order valence-corrected chi connectivity index (χ0v) is 15.2. The molecule has 0 aliphatic carbocycles. The molecule has 3 aromatic rings. The fourth-order valence-corrected chi connectivity index (χ4v) is 3.18. The lowest BCUT2D eigenvalue weighted by Crippen LogP contribution is -2.42. The van der Waals surface area contributed by atoms with Gasteiger partial charge in [0.25, 0.3) is 0 Å². The van der Waals surface area contributed by atoms with Crippen LogP contribution < -0.4 is 10.9 Å². The van der Waals surface area contributed by atoms with E-state index in [9.17, 15) is 9.59 Å². The van der Waals surface area contributed by atoms with Gasteiger partial charge >= 0.3 is 5.91 Å². The summed E-state index contributed by atoms with van der Waals surface area (Å²) < 4.78 is 6.89. The summed E-state index contributed by atoms with van der Waals surface area (Å²) >= 11 is 1.28. The van der Waals surface area contributed by atoms with Gasteiger partial charge in [-0.1, -0.05) is 29.5 Å². The number of nitrogens with zero attached hydrogens (tertiary/aromatic N) is 2. The Morgan fingerprint density at radius 2 is 2.08 bits per heavy atom. The number of hydrogen-bond donors (Lipinski definition) is 2. The van der Waals surface area contributed by atoms with E-state index in [4.69, 9.17) is 4.42 Å². The monoisotopic (exact) mass is 370 g/mol. The van der Waals surface area contributed by atoms with Gasteiger partial charge in [-0.15, -0.1) is 0 Å². The molecule has 2 amide bonds. The summed E-state index contributed by atoms with van der Waals surface area (Å²) in [5, 5.41) is 0.699. The molecule has 0 unspecified atom stereocenters. The topological polar surface area (TPSA) is 89.2 Å². The molecule has 2 aromatic heterocycles. The van der Waals surface area contributed by atoms with Crippen molar-refractivity contribution in [3.63, 3.8) is 0 Å². The van der Waals surface area contributed by atoms with Crippen molar-refractivity contribution < 1.29 is 14.0 Å². The van der Waals surface area contributed by atoms with E-state index in [1.807, 2.05) is 36.7 Å². The predicted molar refractivity (Wildman–Crippen MR) is 98.1 cm³/mol. The molecule has 0 atom stereocenters. The molecule has 0 saturated heterocycles. The molecule has 3 rings (SSSR count). The Morgan fingerprint density at radius 3 is 2.81 bits per heavy atom. The molecule has 134 valence electrons. The van der Waals surface area contributed by atoms with Crippen LogP contribution >= 0.6 is 11.8 Å². The van der Waals surface area contributed by atoms with Crippen LogP contribution in [0.5, 0.6) is 0 Å². The fraction of sp³-hybridized carbons (Fsp3) is 0.167. The Morgan fingerprint density at radius 1 is 1.23 bits per heavy atom. The van der Waals surface area contributed by atoms with Crippen LogP contribution in [0.1, 0.15) is 21.7 Å². The van der Waals surface area contributed by atoms with E-state index in [-0.39, 0.29) is 17.4 Å². The number of thioether (sulfide) groups is 1. The summed E-state index contributed by atoms with van der Waals surface area (Å²) in [5.41, 5.74) is 7.99. The van der Waals surface area contributed by atoms with E-state index < -0.39 is 5.91 Å².